The molecule has 4 heteroatoms. The van der Waals surface area contributed by atoms with Gasteiger partial charge in [-0.2, -0.15) is 5.10 Å². The van der Waals surface area contributed by atoms with Crippen LogP contribution in [0.4, 0.5) is 0 Å². The van der Waals surface area contributed by atoms with Crippen LogP contribution in [0.5, 0.6) is 0 Å². The first kappa shape index (κ1) is 14.1. The molecule has 0 aliphatic rings. The predicted molar refractivity (Wildman–Crippen MR) is 79.2 cm³/mol. The molecule has 0 saturated carbocycles. The van der Waals surface area contributed by atoms with Crippen molar-refractivity contribution in [2.75, 3.05) is 0 Å². The molecule has 0 amide bonds. The number of hydrogen-bond donors (Lipinski definition) is 1. The van der Waals surface area contributed by atoms with E-state index < -0.39 is 5.97 Å². The van der Waals surface area contributed by atoms with Crippen molar-refractivity contribution in [3.8, 4) is 5.69 Å². The number of rotatable bonds is 3. The summed E-state index contributed by atoms with van der Waals surface area (Å²) in [6.07, 6.45) is 2.75. The molecule has 0 fully saturated rings. The Morgan fingerprint density at radius 2 is 1.80 bits per heavy atom. The Hall–Kier alpha value is -2.36. The summed E-state index contributed by atoms with van der Waals surface area (Å²) in [5, 5.41) is 13.3. The zero-order valence-corrected chi connectivity index (χ0v) is 12.1. The van der Waals surface area contributed by atoms with Crippen LogP contribution in [0.1, 0.15) is 28.1 Å². The van der Waals surface area contributed by atoms with Gasteiger partial charge >= 0.3 is 5.97 Å². The number of hydrogen-bond acceptors (Lipinski definition) is 2. The van der Waals surface area contributed by atoms with Crippen LogP contribution >= 0.6 is 0 Å². The van der Waals surface area contributed by atoms with Crippen LogP contribution in [-0.4, -0.2) is 20.9 Å². The van der Waals surface area contributed by atoms with Gasteiger partial charge in [0.05, 0.1) is 11.4 Å². The van der Waals surface area contributed by atoms with Crippen molar-refractivity contribution in [3.05, 3.63) is 52.4 Å². The summed E-state index contributed by atoms with van der Waals surface area (Å²) in [6.45, 7) is 7.93. The molecule has 1 heterocycles. The number of benzene rings is 1. The second kappa shape index (κ2) is 5.33. The fourth-order valence-corrected chi connectivity index (χ4v) is 2.41. The maximum Gasteiger partial charge on any atom is 0.328 e. The molecule has 1 aromatic heterocycles. The van der Waals surface area contributed by atoms with Crippen LogP contribution in [0, 0.1) is 27.7 Å². The van der Waals surface area contributed by atoms with Gasteiger partial charge in [-0.15, -0.1) is 0 Å². The van der Waals surface area contributed by atoms with Gasteiger partial charge in [-0.1, -0.05) is 18.2 Å². The molecule has 104 valence electrons. The number of nitrogens with zero attached hydrogens (tertiary/aromatic N) is 2. The molecule has 0 atom stereocenters. The Kier molecular flexibility index (Phi) is 3.74. The van der Waals surface area contributed by atoms with Gasteiger partial charge in [0.15, 0.2) is 0 Å². The largest absolute Gasteiger partial charge is 0.478 e. The van der Waals surface area contributed by atoms with Gasteiger partial charge in [0.1, 0.15) is 0 Å². The Labute approximate surface area is 118 Å². The lowest BCUT2D eigenvalue weighted by atomic mass is 10.1. The van der Waals surface area contributed by atoms with E-state index in [1.807, 2.05) is 50.6 Å². The monoisotopic (exact) mass is 270 g/mol. The van der Waals surface area contributed by atoms with E-state index in [1.54, 1.807) is 6.08 Å². The van der Waals surface area contributed by atoms with E-state index in [1.165, 1.54) is 0 Å². The number of carboxylic acid groups (broad SMARTS) is 1. The zero-order chi connectivity index (χ0) is 14.9. The summed E-state index contributed by atoms with van der Waals surface area (Å²) in [4.78, 5) is 10.7. The highest BCUT2D eigenvalue weighted by molar-refractivity contribution is 5.85. The number of aromatic nitrogens is 2. The normalized spacial score (nSPS) is 11.2. The summed E-state index contributed by atoms with van der Waals surface area (Å²) in [5.41, 5.74) is 5.96. The Morgan fingerprint density at radius 3 is 2.35 bits per heavy atom. The van der Waals surface area contributed by atoms with Crippen LogP contribution in [-0.2, 0) is 4.79 Å². The molecular weight excluding hydrogens is 252 g/mol. The second-order valence-electron chi connectivity index (χ2n) is 4.91. The third-order valence-corrected chi connectivity index (χ3v) is 3.39. The Balaban J connectivity index is 2.61. The highest BCUT2D eigenvalue weighted by Gasteiger charge is 2.13. The molecule has 0 bridgehead atoms. The van der Waals surface area contributed by atoms with Crippen molar-refractivity contribution >= 4 is 12.0 Å². The first-order chi connectivity index (χ1) is 9.41. The number of para-hydroxylation sites is 1. The number of aryl methyl sites for hydroxylation is 3. The lowest BCUT2D eigenvalue weighted by Gasteiger charge is -2.11. The third-order valence-electron chi connectivity index (χ3n) is 3.39. The van der Waals surface area contributed by atoms with E-state index in [2.05, 4.69) is 5.10 Å². The van der Waals surface area contributed by atoms with Gasteiger partial charge in [0, 0.05) is 17.3 Å². The SMILES string of the molecule is Cc1cccc(C)c1-n1nc(C)c(/C=C/C(=O)O)c1C. The maximum absolute atomic E-state index is 10.7. The summed E-state index contributed by atoms with van der Waals surface area (Å²) in [6, 6.07) is 6.11. The van der Waals surface area contributed by atoms with Crippen molar-refractivity contribution in [2.45, 2.75) is 27.7 Å². The molecule has 0 aliphatic carbocycles. The van der Waals surface area contributed by atoms with Gasteiger partial charge in [0.25, 0.3) is 0 Å². The molecule has 1 N–H and O–H groups in total. The maximum atomic E-state index is 10.7. The lowest BCUT2D eigenvalue weighted by Crippen LogP contribution is -2.04. The number of carboxylic acids is 1. The minimum Gasteiger partial charge on any atom is -0.478 e. The minimum atomic E-state index is -0.955. The van der Waals surface area contributed by atoms with E-state index in [4.69, 9.17) is 5.11 Å². The van der Waals surface area contributed by atoms with Gasteiger partial charge in [0.2, 0.25) is 0 Å². The lowest BCUT2D eigenvalue weighted by molar-refractivity contribution is -0.131. The van der Waals surface area contributed by atoms with Gasteiger partial charge < -0.3 is 5.11 Å². The van der Waals surface area contributed by atoms with Crippen molar-refractivity contribution < 1.29 is 9.90 Å². The van der Waals surface area contributed by atoms with Crippen LogP contribution < -0.4 is 0 Å². The average molecular weight is 270 g/mol. The van der Waals surface area contributed by atoms with Crippen LogP contribution in [0.2, 0.25) is 0 Å². The summed E-state index contributed by atoms with van der Waals surface area (Å²) in [5.74, 6) is -0.955. The summed E-state index contributed by atoms with van der Waals surface area (Å²) >= 11 is 0. The quantitative estimate of drug-likeness (QED) is 0.871. The molecule has 20 heavy (non-hydrogen) atoms. The topological polar surface area (TPSA) is 55.1 Å². The molecule has 0 spiro atoms. The van der Waals surface area contributed by atoms with Crippen molar-refractivity contribution in [1.82, 2.24) is 9.78 Å². The molecule has 1 aromatic carbocycles. The van der Waals surface area contributed by atoms with Crippen LogP contribution in [0.3, 0.4) is 0 Å². The predicted octanol–water partition coefficient (Wildman–Crippen LogP) is 3.20. The molecule has 0 aliphatic heterocycles. The van der Waals surface area contributed by atoms with Crippen molar-refractivity contribution in [1.29, 1.82) is 0 Å². The van der Waals surface area contributed by atoms with E-state index in [9.17, 15) is 4.79 Å². The van der Waals surface area contributed by atoms with Gasteiger partial charge in [-0.3, -0.25) is 0 Å². The minimum absolute atomic E-state index is 0.822. The standard InChI is InChI=1S/C16H18N2O2/c1-10-6-5-7-11(2)16(10)18-13(4)14(12(3)17-18)8-9-15(19)20/h5-9H,1-4H3,(H,19,20)/b9-8+. The second-order valence-corrected chi connectivity index (χ2v) is 4.91. The average Bonchev–Trinajstić information content (AvgIpc) is 2.62. The highest BCUT2D eigenvalue weighted by atomic mass is 16.4. The molecule has 4 nitrogen and oxygen atoms in total. The fraction of sp³-hybridized carbons (Fsp3) is 0.250. The highest BCUT2D eigenvalue weighted by Crippen LogP contribution is 2.24. The Bertz CT molecular complexity index is 676. The first-order valence-corrected chi connectivity index (χ1v) is 6.45. The van der Waals surface area contributed by atoms with Crippen molar-refractivity contribution in [3.63, 3.8) is 0 Å². The zero-order valence-electron chi connectivity index (χ0n) is 12.1. The van der Waals surface area contributed by atoms with E-state index in [0.29, 0.717) is 0 Å². The first-order valence-electron chi connectivity index (χ1n) is 6.45. The molecule has 2 aromatic rings. The molecular formula is C16H18N2O2. The van der Waals surface area contributed by atoms with E-state index in [-0.39, 0.29) is 0 Å². The van der Waals surface area contributed by atoms with Crippen LogP contribution in [0.15, 0.2) is 24.3 Å². The number of aliphatic carboxylic acids is 1. The third kappa shape index (κ3) is 2.50. The van der Waals surface area contributed by atoms with E-state index in [0.717, 1.165) is 39.8 Å². The molecule has 0 unspecified atom stereocenters. The molecule has 2 rings (SSSR count). The van der Waals surface area contributed by atoms with E-state index >= 15 is 0 Å². The van der Waals surface area contributed by atoms with Crippen LogP contribution in [0.25, 0.3) is 11.8 Å². The fourth-order valence-electron chi connectivity index (χ4n) is 2.41. The summed E-state index contributed by atoms with van der Waals surface area (Å²) in [7, 11) is 0. The van der Waals surface area contributed by atoms with Gasteiger partial charge in [-0.25, -0.2) is 9.48 Å². The summed E-state index contributed by atoms with van der Waals surface area (Å²) < 4.78 is 1.89. The van der Waals surface area contributed by atoms with Gasteiger partial charge in [-0.05, 0) is 44.9 Å². The smallest absolute Gasteiger partial charge is 0.328 e. The number of carbonyl (C=O) groups is 1. The molecule has 0 saturated heterocycles. The molecule has 0 radical (unpaired) electrons. The van der Waals surface area contributed by atoms with Crippen molar-refractivity contribution in [2.24, 2.45) is 0 Å². The Morgan fingerprint density at radius 1 is 1.20 bits per heavy atom.